The Bertz CT molecular complexity index is 774. The van der Waals surface area contributed by atoms with Gasteiger partial charge in [0.1, 0.15) is 0 Å². The van der Waals surface area contributed by atoms with Crippen LogP contribution in [0.3, 0.4) is 0 Å². The van der Waals surface area contributed by atoms with E-state index in [-0.39, 0.29) is 6.42 Å². The lowest BCUT2D eigenvalue weighted by molar-refractivity contribution is -0.136. The Kier molecular flexibility index (Phi) is 5.25. The van der Waals surface area contributed by atoms with Gasteiger partial charge in [-0.1, -0.05) is 32.5 Å². The Hall–Kier alpha value is -1.34. The first-order chi connectivity index (χ1) is 11.8. The number of fused-ring (bicyclic) bond motifs is 1. The van der Waals surface area contributed by atoms with Crippen LogP contribution in [0.5, 0.6) is 0 Å². The zero-order valence-corrected chi connectivity index (χ0v) is 16.8. The first-order valence-electron chi connectivity index (χ1n) is 8.61. The molecule has 0 unspecified atom stereocenters. The molecule has 1 aliphatic carbocycles. The maximum Gasteiger partial charge on any atom is 0.304 e. The summed E-state index contributed by atoms with van der Waals surface area (Å²) in [4.78, 5) is 13.3. The van der Waals surface area contributed by atoms with Crippen molar-refractivity contribution in [3.63, 3.8) is 0 Å². The fourth-order valence-electron chi connectivity index (χ4n) is 3.26. The third kappa shape index (κ3) is 4.08. The quantitative estimate of drug-likeness (QED) is 0.786. The van der Waals surface area contributed by atoms with Gasteiger partial charge in [0.05, 0.1) is 11.3 Å². The highest BCUT2D eigenvalue weighted by atomic mass is 32.2. The van der Waals surface area contributed by atoms with Gasteiger partial charge in [-0.15, -0.1) is 21.5 Å². The molecule has 0 aliphatic heterocycles. The van der Waals surface area contributed by atoms with Gasteiger partial charge in [0.2, 0.25) is 0 Å². The smallest absolute Gasteiger partial charge is 0.304 e. The standard InChI is InChI=1S/C18H25N3O2S2/c1-18(2,3)12-5-6-13-11(9-12)10-14(25-13)16-19-20-17(21(16)4)24-8-7-15(22)23/h10,12H,5-9H2,1-4H3,(H,22,23)/t12-/m0/s1. The summed E-state index contributed by atoms with van der Waals surface area (Å²) in [5, 5.41) is 18.1. The van der Waals surface area contributed by atoms with Crippen LogP contribution >= 0.6 is 23.1 Å². The number of rotatable bonds is 5. The van der Waals surface area contributed by atoms with E-state index >= 15 is 0 Å². The maximum atomic E-state index is 10.7. The third-order valence-corrected chi connectivity index (χ3v) is 7.16. The third-order valence-electron chi connectivity index (χ3n) is 4.91. The molecule has 1 N–H and O–H groups in total. The fourth-order valence-corrected chi connectivity index (χ4v) is 5.32. The van der Waals surface area contributed by atoms with E-state index in [1.165, 1.54) is 33.5 Å². The zero-order valence-electron chi connectivity index (χ0n) is 15.2. The van der Waals surface area contributed by atoms with Crippen LogP contribution in [-0.4, -0.2) is 31.6 Å². The second-order valence-corrected chi connectivity index (χ2v) is 9.92. The van der Waals surface area contributed by atoms with Crippen molar-refractivity contribution in [1.82, 2.24) is 14.8 Å². The molecule has 0 aromatic carbocycles. The van der Waals surface area contributed by atoms with Gasteiger partial charge in [-0.2, -0.15) is 0 Å². The van der Waals surface area contributed by atoms with E-state index in [0.717, 1.165) is 29.7 Å². The highest BCUT2D eigenvalue weighted by Gasteiger charge is 2.30. The monoisotopic (exact) mass is 379 g/mol. The van der Waals surface area contributed by atoms with E-state index in [9.17, 15) is 4.79 Å². The van der Waals surface area contributed by atoms with E-state index in [4.69, 9.17) is 5.11 Å². The summed E-state index contributed by atoms with van der Waals surface area (Å²) in [6.07, 6.45) is 3.69. The van der Waals surface area contributed by atoms with Crippen LogP contribution in [0.25, 0.3) is 10.7 Å². The largest absolute Gasteiger partial charge is 0.481 e. The first kappa shape index (κ1) is 18.5. The SMILES string of the molecule is Cn1c(SCCC(=O)O)nnc1-c1cc2c(s1)CC[C@H](C(C)(C)C)C2. The van der Waals surface area contributed by atoms with Crippen LogP contribution in [0.15, 0.2) is 11.2 Å². The topological polar surface area (TPSA) is 68.0 Å². The lowest BCUT2D eigenvalue weighted by Crippen LogP contribution is -2.26. The molecule has 2 aromatic heterocycles. The van der Waals surface area contributed by atoms with Crippen LogP contribution in [0.2, 0.25) is 0 Å². The number of aryl methyl sites for hydroxylation is 1. The number of carboxylic acid groups (broad SMARTS) is 1. The van der Waals surface area contributed by atoms with Gasteiger partial charge in [0.15, 0.2) is 11.0 Å². The molecular formula is C18H25N3O2S2. The van der Waals surface area contributed by atoms with Crippen molar-refractivity contribution in [1.29, 1.82) is 0 Å². The van der Waals surface area contributed by atoms with Crippen LogP contribution < -0.4 is 0 Å². The number of aromatic nitrogens is 3. The summed E-state index contributed by atoms with van der Waals surface area (Å²) in [7, 11) is 1.95. The molecule has 25 heavy (non-hydrogen) atoms. The number of carboxylic acids is 1. The molecule has 136 valence electrons. The fraction of sp³-hybridized carbons (Fsp3) is 0.611. The van der Waals surface area contributed by atoms with Gasteiger partial charge in [0.25, 0.3) is 0 Å². The second kappa shape index (κ2) is 7.11. The number of hydrogen-bond acceptors (Lipinski definition) is 5. The molecule has 1 atom stereocenters. The Morgan fingerprint density at radius 3 is 2.88 bits per heavy atom. The Morgan fingerprint density at radius 2 is 2.20 bits per heavy atom. The highest BCUT2D eigenvalue weighted by molar-refractivity contribution is 7.99. The molecule has 3 rings (SSSR count). The number of carbonyl (C=O) groups is 1. The summed E-state index contributed by atoms with van der Waals surface area (Å²) in [6, 6.07) is 2.29. The van der Waals surface area contributed by atoms with Gasteiger partial charge < -0.3 is 9.67 Å². The molecule has 7 heteroatoms. The minimum atomic E-state index is -0.783. The van der Waals surface area contributed by atoms with Crippen LogP contribution in [0, 0.1) is 11.3 Å². The van der Waals surface area contributed by atoms with Crippen molar-refractivity contribution in [3.05, 3.63) is 16.5 Å². The predicted molar refractivity (Wildman–Crippen MR) is 102 cm³/mol. The van der Waals surface area contributed by atoms with Crippen LogP contribution in [-0.2, 0) is 24.7 Å². The minimum Gasteiger partial charge on any atom is -0.481 e. The zero-order chi connectivity index (χ0) is 18.2. The number of nitrogens with zero attached hydrogens (tertiary/aromatic N) is 3. The Morgan fingerprint density at radius 1 is 1.44 bits per heavy atom. The maximum absolute atomic E-state index is 10.7. The summed E-state index contributed by atoms with van der Waals surface area (Å²) in [5.74, 6) is 1.33. The van der Waals surface area contributed by atoms with Gasteiger partial charge in [-0.05, 0) is 42.2 Å². The normalized spacial score (nSPS) is 17.5. The number of aliphatic carboxylic acids is 1. The van der Waals surface area contributed by atoms with E-state index < -0.39 is 5.97 Å². The number of thioether (sulfide) groups is 1. The molecule has 0 bridgehead atoms. The van der Waals surface area contributed by atoms with Crippen molar-refractivity contribution in [2.75, 3.05) is 5.75 Å². The van der Waals surface area contributed by atoms with Crippen molar-refractivity contribution >= 4 is 29.1 Å². The molecule has 0 saturated heterocycles. The van der Waals surface area contributed by atoms with Crippen molar-refractivity contribution in [2.24, 2.45) is 18.4 Å². The van der Waals surface area contributed by atoms with Gasteiger partial charge in [-0.25, -0.2) is 0 Å². The van der Waals surface area contributed by atoms with Gasteiger partial charge in [-0.3, -0.25) is 4.79 Å². The number of thiophene rings is 1. The highest BCUT2D eigenvalue weighted by Crippen LogP contribution is 2.42. The Balaban J connectivity index is 1.77. The molecule has 0 spiro atoms. The average molecular weight is 380 g/mol. The molecule has 1 aliphatic rings. The minimum absolute atomic E-state index is 0.133. The molecule has 0 radical (unpaired) electrons. The molecule has 2 aromatic rings. The second-order valence-electron chi connectivity index (χ2n) is 7.72. The van der Waals surface area contributed by atoms with E-state index in [2.05, 4.69) is 37.0 Å². The van der Waals surface area contributed by atoms with Crippen LogP contribution in [0.1, 0.15) is 44.1 Å². The molecule has 0 saturated carbocycles. The predicted octanol–water partition coefficient (Wildman–Crippen LogP) is 4.26. The lowest BCUT2D eigenvalue weighted by atomic mass is 9.72. The molecular weight excluding hydrogens is 354 g/mol. The average Bonchev–Trinajstić information content (AvgIpc) is 3.09. The van der Waals surface area contributed by atoms with Crippen molar-refractivity contribution < 1.29 is 9.90 Å². The molecule has 2 heterocycles. The van der Waals surface area contributed by atoms with Crippen LogP contribution in [0.4, 0.5) is 0 Å². The van der Waals surface area contributed by atoms with Crippen molar-refractivity contribution in [3.8, 4) is 10.7 Å². The lowest BCUT2D eigenvalue weighted by Gasteiger charge is -2.33. The molecule has 0 amide bonds. The number of hydrogen-bond donors (Lipinski definition) is 1. The van der Waals surface area contributed by atoms with Gasteiger partial charge >= 0.3 is 5.97 Å². The summed E-state index contributed by atoms with van der Waals surface area (Å²) in [6.45, 7) is 7.00. The summed E-state index contributed by atoms with van der Waals surface area (Å²) >= 11 is 3.27. The Labute approximate surface area is 156 Å². The molecule has 5 nitrogen and oxygen atoms in total. The first-order valence-corrected chi connectivity index (χ1v) is 10.4. The van der Waals surface area contributed by atoms with Crippen molar-refractivity contribution in [2.45, 2.75) is 51.6 Å². The van der Waals surface area contributed by atoms with E-state index in [1.807, 2.05) is 23.0 Å². The summed E-state index contributed by atoms with van der Waals surface area (Å²) in [5.41, 5.74) is 1.81. The van der Waals surface area contributed by atoms with E-state index in [0.29, 0.717) is 11.2 Å². The van der Waals surface area contributed by atoms with E-state index in [1.54, 1.807) is 0 Å². The molecule has 0 fully saturated rings. The summed E-state index contributed by atoms with van der Waals surface area (Å²) < 4.78 is 1.98. The van der Waals surface area contributed by atoms with Gasteiger partial charge in [0, 0.05) is 17.7 Å².